The summed E-state index contributed by atoms with van der Waals surface area (Å²) >= 11 is 0. The molecular weight excluding hydrogens is 360 g/mol. The molecule has 0 aliphatic carbocycles. The Morgan fingerprint density at radius 2 is 1.73 bits per heavy atom. The lowest BCUT2D eigenvalue weighted by molar-refractivity contribution is -0.146. The molecular formula is C17H24N2O6S. The second kappa shape index (κ2) is 7.63. The van der Waals surface area contributed by atoms with Gasteiger partial charge in [-0.2, -0.15) is 4.31 Å². The third-order valence-corrected chi connectivity index (χ3v) is 5.73. The second-order valence-corrected chi connectivity index (χ2v) is 8.78. The Balaban J connectivity index is 2.27. The fourth-order valence-corrected chi connectivity index (χ4v) is 4.18. The van der Waals surface area contributed by atoms with E-state index in [-0.39, 0.29) is 24.5 Å². The van der Waals surface area contributed by atoms with E-state index in [4.69, 9.17) is 9.47 Å². The predicted molar refractivity (Wildman–Crippen MR) is 93.9 cm³/mol. The molecule has 0 bridgehead atoms. The number of ether oxygens (including phenoxy) is 2. The van der Waals surface area contributed by atoms with Gasteiger partial charge in [-0.3, -0.25) is 4.79 Å². The van der Waals surface area contributed by atoms with E-state index in [1.807, 2.05) is 0 Å². The number of hydrogen-bond donors (Lipinski definition) is 0. The lowest BCUT2D eigenvalue weighted by Crippen LogP contribution is -2.59. The van der Waals surface area contributed by atoms with Gasteiger partial charge in [-0.1, -0.05) is 18.2 Å². The summed E-state index contributed by atoms with van der Waals surface area (Å²) in [7, 11) is -2.71. The zero-order valence-corrected chi connectivity index (χ0v) is 16.2. The van der Waals surface area contributed by atoms with Gasteiger partial charge in [-0.25, -0.2) is 13.2 Å². The molecule has 0 N–H and O–H groups in total. The van der Waals surface area contributed by atoms with E-state index < -0.39 is 33.7 Å². The van der Waals surface area contributed by atoms with E-state index in [9.17, 15) is 18.0 Å². The van der Waals surface area contributed by atoms with E-state index in [0.29, 0.717) is 0 Å². The third-order valence-electron chi connectivity index (χ3n) is 3.81. The molecule has 1 aliphatic rings. The summed E-state index contributed by atoms with van der Waals surface area (Å²) in [4.78, 5) is 25.9. The molecule has 26 heavy (non-hydrogen) atoms. The topological polar surface area (TPSA) is 93.2 Å². The zero-order valence-electron chi connectivity index (χ0n) is 15.3. The summed E-state index contributed by atoms with van der Waals surface area (Å²) in [5, 5.41) is 0. The molecule has 144 valence electrons. The van der Waals surface area contributed by atoms with Crippen LogP contribution >= 0.6 is 0 Å². The number of rotatable bonds is 3. The summed E-state index contributed by atoms with van der Waals surface area (Å²) in [6.45, 7) is 5.16. The fraction of sp³-hybridized carbons (Fsp3) is 0.529. The Hall–Kier alpha value is -2.13. The molecule has 9 heteroatoms. The minimum Gasteiger partial charge on any atom is -0.468 e. The third kappa shape index (κ3) is 4.53. The number of nitrogens with zero attached hydrogens (tertiary/aromatic N) is 2. The average molecular weight is 384 g/mol. The number of hydrogen-bond acceptors (Lipinski definition) is 6. The Labute approximate surface area is 153 Å². The minimum atomic E-state index is -3.90. The first kappa shape index (κ1) is 20.2. The second-order valence-electron chi connectivity index (χ2n) is 6.89. The largest absolute Gasteiger partial charge is 0.468 e. The van der Waals surface area contributed by atoms with Crippen LogP contribution in [0.5, 0.6) is 0 Å². The number of carbonyl (C=O) groups excluding carboxylic acids is 2. The Morgan fingerprint density at radius 1 is 1.12 bits per heavy atom. The highest BCUT2D eigenvalue weighted by atomic mass is 32.2. The summed E-state index contributed by atoms with van der Waals surface area (Å²) in [5.74, 6) is -0.724. The summed E-state index contributed by atoms with van der Waals surface area (Å²) in [6.07, 6.45) is -0.594. The Bertz CT molecular complexity index is 757. The van der Waals surface area contributed by atoms with Crippen LogP contribution in [0.15, 0.2) is 35.2 Å². The van der Waals surface area contributed by atoms with Crippen molar-refractivity contribution in [2.24, 2.45) is 0 Å². The quantitative estimate of drug-likeness (QED) is 0.733. The maximum absolute atomic E-state index is 12.9. The van der Waals surface area contributed by atoms with Crippen molar-refractivity contribution in [3.63, 3.8) is 0 Å². The molecule has 1 heterocycles. The van der Waals surface area contributed by atoms with E-state index in [2.05, 4.69) is 0 Å². The van der Waals surface area contributed by atoms with E-state index in [0.717, 1.165) is 4.31 Å². The molecule has 1 aromatic carbocycles. The van der Waals surface area contributed by atoms with Gasteiger partial charge < -0.3 is 14.4 Å². The molecule has 2 rings (SSSR count). The van der Waals surface area contributed by atoms with Gasteiger partial charge in [0, 0.05) is 13.1 Å². The first-order valence-corrected chi connectivity index (χ1v) is 9.63. The number of amides is 1. The predicted octanol–water partition coefficient (Wildman–Crippen LogP) is 1.47. The fourth-order valence-electron chi connectivity index (χ4n) is 2.60. The highest BCUT2D eigenvalue weighted by Gasteiger charge is 2.42. The van der Waals surface area contributed by atoms with Crippen molar-refractivity contribution in [3.05, 3.63) is 30.3 Å². The summed E-state index contributed by atoms with van der Waals surface area (Å²) < 4.78 is 37.0. The smallest absolute Gasteiger partial charge is 0.410 e. The van der Waals surface area contributed by atoms with Crippen molar-refractivity contribution in [3.8, 4) is 0 Å². The summed E-state index contributed by atoms with van der Waals surface area (Å²) in [6, 6.07) is 6.71. The van der Waals surface area contributed by atoms with Gasteiger partial charge in [0.1, 0.15) is 11.6 Å². The van der Waals surface area contributed by atoms with Crippen molar-refractivity contribution in [1.29, 1.82) is 0 Å². The lowest BCUT2D eigenvalue weighted by Gasteiger charge is -2.39. The van der Waals surface area contributed by atoms with Crippen molar-refractivity contribution in [2.75, 3.05) is 26.7 Å². The van der Waals surface area contributed by atoms with Crippen LogP contribution in [0.1, 0.15) is 20.8 Å². The minimum absolute atomic E-state index is 0.0315. The number of piperazine rings is 1. The van der Waals surface area contributed by atoms with Crippen molar-refractivity contribution < 1.29 is 27.5 Å². The maximum atomic E-state index is 12.9. The Morgan fingerprint density at radius 3 is 2.27 bits per heavy atom. The van der Waals surface area contributed by atoms with Gasteiger partial charge in [0.2, 0.25) is 10.0 Å². The van der Waals surface area contributed by atoms with Crippen LogP contribution in [-0.2, 0) is 24.3 Å². The number of carbonyl (C=O) groups is 2. The molecule has 1 aliphatic heterocycles. The molecule has 1 saturated heterocycles. The summed E-state index contributed by atoms with van der Waals surface area (Å²) in [5.41, 5.74) is -0.689. The molecule has 1 aromatic rings. The normalized spacial score (nSPS) is 19.1. The molecule has 0 aromatic heterocycles. The first-order valence-electron chi connectivity index (χ1n) is 8.19. The van der Waals surface area contributed by atoms with E-state index in [1.165, 1.54) is 24.1 Å². The SMILES string of the molecule is COC(=O)C1CN(C(=O)OC(C)(C)C)CCN1S(=O)(=O)c1ccccc1. The van der Waals surface area contributed by atoms with Gasteiger partial charge in [-0.15, -0.1) is 0 Å². The highest BCUT2D eigenvalue weighted by Crippen LogP contribution is 2.23. The van der Waals surface area contributed by atoms with Gasteiger partial charge in [0.25, 0.3) is 0 Å². The van der Waals surface area contributed by atoms with Gasteiger partial charge in [0.15, 0.2) is 0 Å². The van der Waals surface area contributed by atoms with Gasteiger partial charge >= 0.3 is 12.1 Å². The Kier molecular flexibility index (Phi) is 5.92. The van der Waals surface area contributed by atoms with E-state index >= 15 is 0 Å². The van der Waals surface area contributed by atoms with Gasteiger partial charge in [0.05, 0.1) is 18.6 Å². The van der Waals surface area contributed by atoms with Crippen LogP contribution in [0.3, 0.4) is 0 Å². The molecule has 0 saturated carbocycles. The van der Waals surface area contributed by atoms with Crippen LogP contribution in [0.2, 0.25) is 0 Å². The van der Waals surface area contributed by atoms with Crippen LogP contribution in [-0.4, -0.2) is 68.1 Å². The van der Waals surface area contributed by atoms with Crippen molar-refractivity contribution in [1.82, 2.24) is 9.21 Å². The molecule has 0 radical (unpaired) electrons. The van der Waals surface area contributed by atoms with E-state index in [1.54, 1.807) is 39.0 Å². The zero-order chi connectivity index (χ0) is 19.5. The molecule has 1 fully saturated rings. The molecule has 1 amide bonds. The molecule has 1 unspecified atom stereocenters. The van der Waals surface area contributed by atoms with Crippen molar-refractivity contribution in [2.45, 2.75) is 37.3 Å². The maximum Gasteiger partial charge on any atom is 0.410 e. The van der Waals surface area contributed by atoms with Gasteiger partial charge in [-0.05, 0) is 32.9 Å². The molecule has 1 atom stereocenters. The number of sulfonamides is 1. The number of esters is 1. The van der Waals surface area contributed by atoms with Crippen molar-refractivity contribution >= 4 is 22.1 Å². The average Bonchev–Trinajstić information content (AvgIpc) is 2.59. The number of methoxy groups -OCH3 is 1. The van der Waals surface area contributed by atoms with Crippen LogP contribution < -0.4 is 0 Å². The van der Waals surface area contributed by atoms with Crippen LogP contribution in [0, 0.1) is 0 Å². The molecule has 8 nitrogen and oxygen atoms in total. The molecule has 0 spiro atoms. The standard InChI is InChI=1S/C17H24N2O6S/c1-17(2,3)25-16(21)18-10-11-19(14(12-18)15(20)24-4)26(22,23)13-8-6-5-7-9-13/h5-9,14H,10-12H2,1-4H3. The van der Waals surface area contributed by atoms with Crippen LogP contribution in [0.4, 0.5) is 4.79 Å². The lowest BCUT2D eigenvalue weighted by atomic mass is 10.2. The number of benzene rings is 1. The van der Waals surface area contributed by atoms with Crippen LogP contribution in [0.25, 0.3) is 0 Å². The monoisotopic (exact) mass is 384 g/mol. The first-order chi connectivity index (χ1) is 12.1. The highest BCUT2D eigenvalue weighted by molar-refractivity contribution is 7.89.